The molecule has 0 amide bonds. The Hall–Kier alpha value is -1.25. The van der Waals surface area contributed by atoms with E-state index in [1.54, 1.807) is 58.0 Å². The van der Waals surface area contributed by atoms with Gasteiger partial charge < -0.3 is 9.13 Å². The first-order valence-electron chi connectivity index (χ1n) is 10.8. The van der Waals surface area contributed by atoms with Crippen LogP contribution >= 0.6 is 93.4 Å². The Labute approximate surface area is 251 Å². The highest BCUT2D eigenvalue weighted by molar-refractivity contribution is 8.00. The molecular weight excluding hydrogens is 624 g/mol. The maximum atomic E-state index is 6.20. The van der Waals surface area contributed by atoms with E-state index in [4.69, 9.17) is 35.4 Å². The van der Waals surface area contributed by atoms with Crippen LogP contribution in [0.15, 0.2) is 66.8 Å². The van der Waals surface area contributed by atoms with Gasteiger partial charge in [-0.2, -0.15) is 5.10 Å². The summed E-state index contributed by atoms with van der Waals surface area (Å²) in [5.41, 5.74) is 0.929. The fourth-order valence-electron chi connectivity index (χ4n) is 2.87. The van der Waals surface area contributed by atoms with Crippen LogP contribution in [0.25, 0.3) is 0 Å². The summed E-state index contributed by atoms with van der Waals surface area (Å²) in [6.07, 6.45) is 0. The molecule has 0 aliphatic carbocycles. The molecule has 0 atom stereocenters. The van der Waals surface area contributed by atoms with Crippen LogP contribution < -0.4 is 0 Å². The Kier molecular flexibility index (Phi) is 11.1. The van der Waals surface area contributed by atoms with Crippen molar-refractivity contribution in [2.24, 2.45) is 14.1 Å². The molecule has 0 saturated heterocycles. The number of aromatic nitrogens is 6. The minimum absolute atomic E-state index is 0.669. The van der Waals surface area contributed by atoms with E-state index in [1.165, 1.54) is 8.42 Å². The molecule has 0 spiro atoms. The van der Waals surface area contributed by atoms with E-state index in [0.717, 1.165) is 33.9 Å². The summed E-state index contributed by atoms with van der Waals surface area (Å²) >= 11 is 26.1. The first kappa shape index (κ1) is 28.8. The highest BCUT2D eigenvalue weighted by atomic mass is 35.5. The highest BCUT2D eigenvalue weighted by Gasteiger charge is 2.12. The van der Waals surface area contributed by atoms with Gasteiger partial charge in [0.05, 0.1) is 19.9 Å². The smallest absolute Gasteiger partial charge is 0.194 e. The van der Waals surface area contributed by atoms with Crippen molar-refractivity contribution in [1.82, 2.24) is 29.5 Å². The fraction of sp³-hybridized carbons (Fsp3) is 0.217. The van der Waals surface area contributed by atoms with Gasteiger partial charge in [0, 0.05) is 29.9 Å². The van der Waals surface area contributed by atoms with Crippen molar-refractivity contribution in [2.75, 3.05) is 0 Å². The molecule has 0 aliphatic heterocycles. The van der Waals surface area contributed by atoms with Gasteiger partial charge in [-0.3, -0.25) is 5.10 Å². The largest absolute Gasteiger partial charge is 0.308 e. The number of hydrogen-bond donors (Lipinski definition) is 1. The third-order valence-corrected chi connectivity index (χ3v) is 11.4. The third-order valence-electron chi connectivity index (χ3n) is 4.98. The summed E-state index contributed by atoms with van der Waals surface area (Å²) in [6.45, 7) is 0. The lowest BCUT2D eigenvalue weighted by molar-refractivity contribution is 0.761. The summed E-state index contributed by atoms with van der Waals surface area (Å²) in [5, 5.41) is 21.8. The van der Waals surface area contributed by atoms with Gasteiger partial charge in [-0.15, -0.1) is 56.4 Å². The number of H-pyrrole nitrogens is 1. The highest BCUT2D eigenvalue weighted by Crippen LogP contribution is 2.32. The zero-order valence-electron chi connectivity index (χ0n) is 19.8. The van der Waals surface area contributed by atoms with Gasteiger partial charge in [-0.05, 0) is 52.8 Å². The lowest BCUT2D eigenvalue weighted by atomic mass is 10.2. The molecule has 6 nitrogen and oxygen atoms in total. The van der Waals surface area contributed by atoms with Crippen molar-refractivity contribution < 1.29 is 0 Å². The molecule has 4 aromatic heterocycles. The molecule has 5 aromatic rings. The number of thioether (sulfide) groups is 3. The molecule has 0 fully saturated rings. The van der Waals surface area contributed by atoms with Crippen LogP contribution in [-0.2, 0) is 31.4 Å². The predicted molar refractivity (Wildman–Crippen MR) is 163 cm³/mol. The molecule has 14 heteroatoms. The third kappa shape index (κ3) is 8.12. The quantitative estimate of drug-likeness (QED) is 0.127. The summed E-state index contributed by atoms with van der Waals surface area (Å²) in [6, 6.07) is 13.9. The molecule has 0 bridgehead atoms. The Morgan fingerprint density at radius 3 is 1.97 bits per heavy atom. The number of nitrogens with zero attached hydrogens (tertiary/aromatic N) is 5. The molecular formula is C23H22Cl2N6S6. The van der Waals surface area contributed by atoms with Crippen LogP contribution in [0, 0.1) is 4.77 Å². The molecule has 1 N–H and O–H groups in total. The van der Waals surface area contributed by atoms with Crippen LogP contribution in [-0.4, -0.2) is 29.5 Å². The van der Waals surface area contributed by atoms with Gasteiger partial charge in [0.15, 0.2) is 9.93 Å². The van der Waals surface area contributed by atoms with Crippen LogP contribution in [0.4, 0.5) is 0 Å². The first-order chi connectivity index (χ1) is 17.9. The average molecular weight is 646 g/mol. The van der Waals surface area contributed by atoms with E-state index in [-0.39, 0.29) is 0 Å². The first-order valence-corrected chi connectivity index (χ1v) is 16.7. The van der Waals surface area contributed by atoms with Gasteiger partial charge in [0.25, 0.3) is 0 Å². The Balaban J connectivity index is 0.000000195. The monoisotopic (exact) mass is 644 g/mol. The minimum atomic E-state index is 0.669. The van der Waals surface area contributed by atoms with Gasteiger partial charge in [0.2, 0.25) is 0 Å². The molecule has 0 unspecified atom stereocenters. The lowest BCUT2D eigenvalue weighted by Gasteiger charge is -2.06. The second-order valence-corrected chi connectivity index (χ2v) is 14.0. The Bertz CT molecular complexity index is 1440. The van der Waals surface area contributed by atoms with Crippen LogP contribution in [0.3, 0.4) is 0 Å². The summed E-state index contributed by atoms with van der Waals surface area (Å²) in [4.78, 5) is 0. The molecule has 37 heavy (non-hydrogen) atoms. The van der Waals surface area contributed by atoms with E-state index in [9.17, 15) is 0 Å². The summed E-state index contributed by atoms with van der Waals surface area (Å²) in [7, 11) is 3.91. The zero-order valence-corrected chi connectivity index (χ0v) is 26.2. The van der Waals surface area contributed by atoms with Gasteiger partial charge in [-0.25, -0.2) is 0 Å². The average Bonchev–Trinajstić information content (AvgIpc) is 3.69. The van der Waals surface area contributed by atoms with Crippen molar-refractivity contribution in [3.8, 4) is 0 Å². The van der Waals surface area contributed by atoms with E-state index >= 15 is 0 Å². The molecule has 0 radical (unpaired) electrons. The van der Waals surface area contributed by atoms with Crippen molar-refractivity contribution in [1.29, 1.82) is 0 Å². The second-order valence-electron chi connectivity index (χ2n) is 7.39. The number of aromatic amines is 1. The summed E-state index contributed by atoms with van der Waals surface area (Å²) in [5.74, 6) is 4.26. The topological polar surface area (TPSA) is 64.3 Å². The minimum Gasteiger partial charge on any atom is -0.308 e. The van der Waals surface area contributed by atoms with Crippen LogP contribution in [0.1, 0.15) is 17.2 Å². The maximum Gasteiger partial charge on any atom is 0.194 e. The number of rotatable bonds is 9. The molecule has 4 heterocycles. The van der Waals surface area contributed by atoms with Gasteiger partial charge in [0.1, 0.15) is 11.6 Å². The van der Waals surface area contributed by atoms with Crippen molar-refractivity contribution in [3.05, 3.63) is 85.3 Å². The molecule has 0 saturated carbocycles. The zero-order chi connectivity index (χ0) is 26.2. The van der Waals surface area contributed by atoms with Crippen LogP contribution in [0.5, 0.6) is 0 Å². The normalized spacial score (nSPS) is 10.9. The lowest BCUT2D eigenvalue weighted by Crippen LogP contribution is -1.97. The maximum absolute atomic E-state index is 6.20. The van der Waals surface area contributed by atoms with Gasteiger partial charge >= 0.3 is 0 Å². The fourth-order valence-corrected chi connectivity index (χ4v) is 8.23. The van der Waals surface area contributed by atoms with Crippen molar-refractivity contribution in [3.63, 3.8) is 0 Å². The number of halogens is 2. The SMILES string of the molecule is Cn1c(CSc2cccs2)n[nH]c1=S.Cn1c(CSc2cccs2)nnc1SCc1c(Cl)cccc1Cl. The Morgan fingerprint density at radius 2 is 1.43 bits per heavy atom. The predicted octanol–water partition coefficient (Wildman–Crippen LogP) is 8.60. The van der Waals surface area contributed by atoms with E-state index in [2.05, 4.69) is 55.4 Å². The molecule has 194 valence electrons. The second kappa shape index (κ2) is 14.2. The molecule has 0 aliphatic rings. The van der Waals surface area contributed by atoms with Gasteiger partial charge in [-0.1, -0.05) is 53.2 Å². The van der Waals surface area contributed by atoms with Crippen LogP contribution in [0.2, 0.25) is 10.0 Å². The molecule has 1 aromatic carbocycles. The number of thiophene rings is 2. The van der Waals surface area contributed by atoms with E-state index in [1.807, 2.05) is 41.4 Å². The van der Waals surface area contributed by atoms with Crippen molar-refractivity contribution in [2.45, 2.75) is 30.8 Å². The van der Waals surface area contributed by atoms with Crippen molar-refractivity contribution >= 4 is 93.4 Å². The van der Waals surface area contributed by atoms with E-state index < -0.39 is 0 Å². The number of hydrogen-bond acceptors (Lipinski definition) is 9. The summed E-state index contributed by atoms with van der Waals surface area (Å²) < 4.78 is 7.18. The molecule has 5 rings (SSSR count). The van der Waals surface area contributed by atoms with E-state index in [0.29, 0.717) is 20.6 Å². The standard InChI is InChI=1S/C15H13Cl2N3S3.C8H9N3S3/c1-20-13(9-22-14-6-3-7-21-14)18-19-15(20)23-8-10-11(16)4-2-5-12(10)17;1-11-6(9-10-8(11)12)5-14-7-3-2-4-13-7/h2-7H,8-9H2,1H3;2-4H,5H2,1H3,(H,10,12). The number of benzene rings is 1. The number of nitrogens with one attached hydrogen (secondary N) is 1. The Morgan fingerprint density at radius 1 is 0.811 bits per heavy atom.